The molecule has 1 aromatic rings. The smallest absolute Gasteiger partial charge is 0.180 e. The van der Waals surface area contributed by atoms with Gasteiger partial charge in [0.25, 0.3) is 0 Å². The zero-order chi connectivity index (χ0) is 12.4. The summed E-state index contributed by atoms with van der Waals surface area (Å²) < 4.78 is 0. The molecular formula is C12H22N4S. The van der Waals surface area contributed by atoms with Crippen molar-refractivity contribution in [1.82, 2.24) is 14.8 Å². The first-order valence-electron chi connectivity index (χ1n) is 6.19. The molecule has 0 saturated carbocycles. The first-order chi connectivity index (χ1) is 8.06. The van der Waals surface area contributed by atoms with Gasteiger partial charge in [-0.3, -0.25) is 4.90 Å². The Kier molecular flexibility index (Phi) is 4.01. The number of piperazine rings is 1. The van der Waals surface area contributed by atoms with Gasteiger partial charge in [-0.05, 0) is 13.0 Å². The van der Waals surface area contributed by atoms with E-state index in [1.807, 2.05) is 6.20 Å². The lowest BCUT2D eigenvalue weighted by Gasteiger charge is -2.42. The summed E-state index contributed by atoms with van der Waals surface area (Å²) in [5.74, 6) is 0.683. The fraction of sp³-hybridized carbons (Fsp3) is 0.750. The molecule has 1 atom stereocenters. The molecule has 1 fully saturated rings. The lowest BCUT2D eigenvalue weighted by Crippen LogP contribution is -2.53. The topological polar surface area (TPSA) is 45.4 Å². The Labute approximate surface area is 107 Å². The van der Waals surface area contributed by atoms with E-state index in [1.165, 1.54) is 4.88 Å². The third-order valence-electron chi connectivity index (χ3n) is 3.44. The van der Waals surface area contributed by atoms with Gasteiger partial charge in [-0.15, -0.1) is 11.3 Å². The Bertz CT molecular complexity index is 363. The number of hydrogen-bond donors (Lipinski definition) is 1. The Hall–Kier alpha value is -0.650. The van der Waals surface area contributed by atoms with Crippen molar-refractivity contribution in [3.05, 3.63) is 11.1 Å². The Morgan fingerprint density at radius 3 is 2.88 bits per heavy atom. The molecule has 96 valence electrons. The maximum absolute atomic E-state index is 5.68. The summed E-state index contributed by atoms with van der Waals surface area (Å²) in [6.45, 7) is 9.04. The second-order valence-corrected chi connectivity index (χ2v) is 6.36. The first-order valence-corrected chi connectivity index (χ1v) is 7.00. The van der Waals surface area contributed by atoms with E-state index in [0.29, 0.717) is 17.1 Å². The van der Waals surface area contributed by atoms with Crippen LogP contribution in [-0.4, -0.2) is 47.5 Å². The van der Waals surface area contributed by atoms with E-state index < -0.39 is 0 Å². The molecule has 2 rings (SSSR count). The fourth-order valence-corrected chi connectivity index (χ4v) is 3.13. The van der Waals surface area contributed by atoms with Crippen molar-refractivity contribution in [1.29, 1.82) is 0 Å². The van der Waals surface area contributed by atoms with Crippen LogP contribution in [0.25, 0.3) is 0 Å². The third kappa shape index (κ3) is 3.18. The molecule has 5 heteroatoms. The number of thiazole rings is 1. The van der Waals surface area contributed by atoms with Crippen molar-refractivity contribution < 1.29 is 0 Å². The molecule has 0 spiro atoms. The number of likely N-dealkylation sites (N-methyl/N-ethyl adjacent to an activating group) is 1. The molecule has 1 aliphatic heterocycles. The lowest BCUT2D eigenvalue weighted by molar-refractivity contribution is 0.0578. The van der Waals surface area contributed by atoms with Crippen LogP contribution in [0.4, 0.5) is 5.13 Å². The summed E-state index contributed by atoms with van der Waals surface area (Å²) in [6, 6.07) is 0.636. The van der Waals surface area contributed by atoms with Crippen LogP contribution < -0.4 is 5.73 Å². The molecule has 2 heterocycles. The van der Waals surface area contributed by atoms with E-state index in [-0.39, 0.29) is 0 Å². The normalized spacial score (nSPS) is 23.4. The predicted molar refractivity (Wildman–Crippen MR) is 73.1 cm³/mol. The zero-order valence-electron chi connectivity index (χ0n) is 10.9. The maximum Gasteiger partial charge on any atom is 0.180 e. The minimum atomic E-state index is 0.636. The Morgan fingerprint density at radius 1 is 1.53 bits per heavy atom. The summed E-state index contributed by atoms with van der Waals surface area (Å²) in [7, 11) is 2.21. The number of aromatic nitrogens is 1. The van der Waals surface area contributed by atoms with Gasteiger partial charge in [0, 0.05) is 43.3 Å². The van der Waals surface area contributed by atoms with Gasteiger partial charge in [-0.25, -0.2) is 4.98 Å². The quantitative estimate of drug-likeness (QED) is 0.888. The van der Waals surface area contributed by atoms with Crippen LogP contribution in [0.1, 0.15) is 18.7 Å². The molecule has 1 unspecified atom stereocenters. The highest BCUT2D eigenvalue weighted by Crippen LogP contribution is 2.22. The SMILES string of the molecule is CC(C)C1CN(C)CCN1Cc1cnc(N)s1. The van der Waals surface area contributed by atoms with Gasteiger partial charge >= 0.3 is 0 Å². The standard InChI is InChI=1S/C12H22N4S/c1-9(2)11-8-15(3)4-5-16(11)7-10-6-14-12(13)17-10/h6,9,11H,4-5,7-8H2,1-3H3,(H2,13,14). The average Bonchev–Trinajstić information content (AvgIpc) is 2.66. The van der Waals surface area contributed by atoms with E-state index in [0.717, 1.165) is 26.2 Å². The van der Waals surface area contributed by atoms with Gasteiger partial charge in [-0.2, -0.15) is 0 Å². The highest BCUT2D eigenvalue weighted by Gasteiger charge is 2.27. The minimum absolute atomic E-state index is 0.636. The molecule has 1 aromatic heterocycles. The largest absolute Gasteiger partial charge is 0.375 e. The number of nitrogen functional groups attached to an aromatic ring is 1. The number of anilines is 1. The van der Waals surface area contributed by atoms with Crippen LogP contribution >= 0.6 is 11.3 Å². The van der Waals surface area contributed by atoms with Crippen molar-refractivity contribution in [3.8, 4) is 0 Å². The molecule has 1 aliphatic rings. The summed E-state index contributed by atoms with van der Waals surface area (Å²) in [5.41, 5.74) is 5.68. The highest BCUT2D eigenvalue weighted by atomic mass is 32.1. The van der Waals surface area contributed by atoms with Crippen molar-refractivity contribution in [3.63, 3.8) is 0 Å². The molecule has 0 radical (unpaired) electrons. The average molecular weight is 254 g/mol. The molecule has 17 heavy (non-hydrogen) atoms. The summed E-state index contributed by atoms with van der Waals surface area (Å²) in [5, 5.41) is 0.676. The van der Waals surface area contributed by atoms with E-state index in [9.17, 15) is 0 Å². The van der Waals surface area contributed by atoms with Crippen LogP contribution in [0.5, 0.6) is 0 Å². The summed E-state index contributed by atoms with van der Waals surface area (Å²) in [4.78, 5) is 10.4. The fourth-order valence-electron chi connectivity index (χ4n) is 2.42. The second kappa shape index (κ2) is 5.33. The molecule has 1 saturated heterocycles. The van der Waals surface area contributed by atoms with E-state index in [1.54, 1.807) is 11.3 Å². The van der Waals surface area contributed by atoms with Gasteiger partial charge in [0.1, 0.15) is 0 Å². The van der Waals surface area contributed by atoms with Crippen molar-refractivity contribution in [2.45, 2.75) is 26.4 Å². The van der Waals surface area contributed by atoms with Crippen LogP contribution in [0.2, 0.25) is 0 Å². The van der Waals surface area contributed by atoms with Crippen LogP contribution in [-0.2, 0) is 6.54 Å². The number of nitrogens with two attached hydrogens (primary N) is 1. The monoisotopic (exact) mass is 254 g/mol. The number of rotatable bonds is 3. The molecule has 0 aromatic carbocycles. The van der Waals surface area contributed by atoms with Gasteiger partial charge in [0.2, 0.25) is 0 Å². The van der Waals surface area contributed by atoms with Crippen molar-refractivity contribution in [2.75, 3.05) is 32.4 Å². The second-order valence-electron chi connectivity index (χ2n) is 5.21. The molecular weight excluding hydrogens is 232 g/mol. The van der Waals surface area contributed by atoms with Crippen LogP contribution in [0, 0.1) is 5.92 Å². The zero-order valence-corrected chi connectivity index (χ0v) is 11.7. The van der Waals surface area contributed by atoms with Gasteiger partial charge in [0.05, 0.1) is 0 Å². The lowest BCUT2D eigenvalue weighted by atomic mass is 10.00. The third-order valence-corrected chi connectivity index (χ3v) is 4.25. The predicted octanol–water partition coefficient (Wildman–Crippen LogP) is 1.50. The molecule has 0 bridgehead atoms. The van der Waals surface area contributed by atoms with E-state index in [2.05, 4.69) is 35.7 Å². The van der Waals surface area contributed by atoms with Crippen LogP contribution in [0.15, 0.2) is 6.20 Å². The van der Waals surface area contributed by atoms with Crippen LogP contribution in [0.3, 0.4) is 0 Å². The van der Waals surface area contributed by atoms with Crippen molar-refractivity contribution in [2.24, 2.45) is 5.92 Å². The minimum Gasteiger partial charge on any atom is -0.375 e. The van der Waals surface area contributed by atoms with Gasteiger partial charge in [0.15, 0.2) is 5.13 Å². The Morgan fingerprint density at radius 2 is 2.29 bits per heavy atom. The maximum atomic E-state index is 5.68. The summed E-state index contributed by atoms with van der Waals surface area (Å²) >= 11 is 1.61. The number of nitrogens with zero attached hydrogens (tertiary/aromatic N) is 3. The highest BCUT2D eigenvalue weighted by molar-refractivity contribution is 7.15. The first kappa shape index (κ1) is 12.8. The number of hydrogen-bond acceptors (Lipinski definition) is 5. The van der Waals surface area contributed by atoms with Gasteiger partial charge < -0.3 is 10.6 Å². The van der Waals surface area contributed by atoms with E-state index >= 15 is 0 Å². The Balaban J connectivity index is 2.02. The molecule has 4 nitrogen and oxygen atoms in total. The molecule has 2 N–H and O–H groups in total. The van der Waals surface area contributed by atoms with E-state index in [4.69, 9.17) is 5.73 Å². The van der Waals surface area contributed by atoms with Crippen molar-refractivity contribution >= 4 is 16.5 Å². The molecule has 0 aliphatic carbocycles. The van der Waals surface area contributed by atoms with Gasteiger partial charge in [-0.1, -0.05) is 13.8 Å². The summed E-state index contributed by atoms with van der Waals surface area (Å²) in [6.07, 6.45) is 1.91. The molecule has 0 amide bonds.